The number of carboxylic acid groups (broad SMARTS) is 1. The number of aryl methyl sites for hydroxylation is 1. The van der Waals surface area contributed by atoms with Crippen LogP contribution in [-0.4, -0.2) is 46.5 Å². The minimum Gasteiger partial charge on any atom is -0.481 e. The van der Waals surface area contributed by atoms with Crippen molar-refractivity contribution < 1.29 is 19.5 Å². The Labute approximate surface area is 194 Å². The predicted molar refractivity (Wildman–Crippen MR) is 127 cm³/mol. The molecule has 2 amide bonds. The molecule has 6 nitrogen and oxygen atoms in total. The van der Waals surface area contributed by atoms with Gasteiger partial charge in [0.1, 0.15) is 0 Å². The van der Waals surface area contributed by atoms with Crippen molar-refractivity contribution in [3.8, 4) is 0 Å². The van der Waals surface area contributed by atoms with Crippen LogP contribution in [0.25, 0.3) is 0 Å². The molecule has 2 bridgehead atoms. The van der Waals surface area contributed by atoms with Crippen LogP contribution in [0, 0.1) is 11.8 Å². The summed E-state index contributed by atoms with van der Waals surface area (Å²) in [4.78, 5) is 34.9. The molecule has 0 saturated carbocycles. The standard InChI is InChI=1S/C25H34N2O4S/c28-23(15-12-18-8-4-3-5-9-18)27-17-24(29)26-16-20-19(21-13-14-22(20)32-21)10-6-1-2-7-11-25(30)31/h1,3-6,8-9,19-22H,2,7,10-17H2,(H,26,29)(H,27,28)(H,30,31)/t19-,20+,21-,22+/m0/s1. The molecular formula is C25H34N2O4S. The first kappa shape index (κ1) is 24.4. The fourth-order valence-electron chi connectivity index (χ4n) is 4.69. The second kappa shape index (κ2) is 12.7. The summed E-state index contributed by atoms with van der Waals surface area (Å²) in [5.74, 6) is 0.0284. The van der Waals surface area contributed by atoms with Crippen LogP contribution in [0.15, 0.2) is 42.5 Å². The Morgan fingerprint density at radius 1 is 0.969 bits per heavy atom. The van der Waals surface area contributed by atoms with E-state index in [1.807, 2.05) is 30.3 Å². The lowest BCUT2D eigenvalue weighted by molar-refractivity contribution is -0.137. The summed E-state index contributed by atoms with van der Waals surface area (Å²) >= 11 is 2.06. The highest BCUT2D eigenvalue weighted by Gasteiger charge is 2.47. The SMILES string of the molecule is O=C(O)CCCC=CC[C@H]1[C@@H](CNC(=O)CNC(=O)CCc2ccccc2)[C@H]2CC[C@@H]1S2. The maximum absolute atomic E-state index is 12.3. The first-order chi connectivity index (χ1) is 15.5. The Morgan fingerprint density at radius 2 is 1.72 bits per heavy atom. The fourth-order valence-corrected chi connectivity index (χ4v) is 6.69. The van der Waals surface area contributed by atoms with E-state index in [-0.39, 0.29) is 24.8 Å². The topological polar surface area (TPSA) is 95.5 Å². The summed E-state index contributed by atoms with van der Waals surface area (Å²) in [7, 11) is 0. The van der Waals surface area contributed by atoms with Gasteiger partial charge in [0.2, 0.25) is 11.8 Å². The highest BCUT2D eigenvalue weighted by molar-refractivity contribution is 8.01. The molecule has 2 saturated heterocycles. The Hall–Kier alpha value is -2.28. The summed E-state index contributed by atoms with van der Waals surface area (Å²) < 4.78 is 0. The summed E-state index contributed by atoms with van der Waals surface area (Å²) in [5.41, 5.74) is 1.11. The van der Waals surface area contributed by atoms with Gasteiger partial charge in [0.15, 0.2) is 0 Å². The van der Waals surface area contributed by atoms with Crippen molar-refractivity contribution in [3.05, 3.63) is 48.0 Å². The number of hydrogen-bond acceptors (Lipinski definition) is 4. The first-order valence-corrected chi connectivity index (χ1v) is 12.6. The van der Waals surface area contributed by atoms with Crippen molar-refractivity contribution in [3.63, 3.8) is 0 Å². The molecule has 0 spiro atoms. The van der Waals surface area contributed by atoms with E-state index in [2.05, 4.69) is 34.5 Å². The summed E-state index contributed by atoms with van der Waals surface area (Å²) in [5, 5.41) is 15.7. The van der Waals surface area contributed by atoms with E-state index < -0.39 is 5.97 Å². The molecule has 0 aromatic heterocycles. The molecule has 1 aromatic rings. The minimum atomic E-state index is -0.744. The summed E-state index contributed by atoms with van der Waals surface area (Å²) in [6.45, 7) is 0.681. The van der Waals surface area contributed by atoms with Gasteiger partial charge in [0, 0.05) is 29.9 Å². The van der Waals surface area contributed by atoms with E-state index in [0.717, 1.165) is 18.4 Å². The lowest BCUT2D eigenvalue weighted by Gasteiger charge is -2.29. The number of thioether (sulfide) groups is 1. The minimum absolute atomic E-state index is 0.0235. The van der Waals surface area contributed by atoms with Gasteiger partial charge in [-0.15, -0.1) is 0 Å². The van der Waals surface area contributed by atoms with Gasteiger partial charge in [-0.2, -0.15) is 11.8 Å². The van der Waals surface area contributed by atoms with Crippen molar-refractivity contribution in [2.24, 2.45) is 11.8 Å². The largest absolute Gasteiger partial charge is 0.481 e. The molecule has 0 aliphatic carbocycles. The van der Waals surface area contributed by atoms with Crippen molar-refractivity contribution in [1.82, 2.24) is 10.6 Å². The molecule has 3 N–H and O–H groups in total. The van der Waals surface area contributed by atoms with E-state index >= 15 is 0 Å². The molecule has 1 aromatic carbocycles. The number of unbranched alkanes of at least 4 members (excludes halogenated alkanes) is 1. The Morgan fingerprint density at radius 3 is 2.47 bits per heavy atom. The second-order valence-corrected chi connectivity index (χ2v) is 10.2. The van der Waals surface area contributed by atoms with Crippen LogP contribution >= 0.6 is 11.8 Å². The van der Waals surface area contributed by atoms with Crippen molar-refractivity contribution in [2.45, 2.75) is 61.9 Å². The number of amides is 2. The molecule has 2 heterocycles. The molecule has 7 heteroatoms. The third-order valence-electron chi connectivity index (χ3n) is 6.39. The average molecular weight is 459 g/mol. The fraction of sp³-hybridized carbons (Fsp3) is 0.560. The number of carbonyl (C=O) groups is 3. The molecule has 0 unspecified atom stereocenters. The number of carboxylic acids is 1. The van der Waals surface area contributed by atoms with Gasteiger partial charge in [-0.3, -0.25) is 14.4 Å². The van der Waals surface area contributed by atoms with Crippen LogP contribution in [-0.2, 0) is 20.8 Å². The Balaban J connectivity index is 1.34. The van der Waals surface area contributed by atoms with Gasteiger partial charge in [0.25, 0.3) is 0 Å². The number of rotatable bonds is 13. The zero-order valence-electron chi connectivity index (χ0n) is 18.5. The van der Waals surface area contributed by atoms with E-state index in [0.29, 0.717) is 48.1 Å². The number of carbonyl (C=O) groups excluding carboxylic acids is 2. The van der Waals surface area contributed by atoms with E-state index in [9.17, 15) is 14.4 Å². The lowest BCUT2D eigenvalue weighted by atomic mass is 9.77. The van der Waals surface area contributed by atoms with Gasteiger partial charge >= 0.3 is 5.97 Å². The van der Waals surface area contributed by atoms with Crippen molar-refractivity contribution >= 4 is 29.5 Å². The molecule has 2 aliphatic heterocycles. The van der Waals surface area contributed by atoms with Gasteiger partial charge in [-0.25, -0.2) is 0 Å². The molecular weight excluding hydrogens is 424 g/mol. The van der Waals surface area contributed by atoms with Crippen LogP contribution < -0.4 is 10.6 Å². The van der Waals surface area contributed by atoms with Gasteiger partial charge in [0.05, 0.1) is 6.54 Å². The Bertz CT molecular complexity index is 798. The molecule has 174 valence electrons. The third kappa shape index (κ3) is 7.69. The van der Waals surface area contributed by atoms with E-state index in [4.69, 9.17) is 5.11 Å². The predicted octanol–water partition coefficient (Wildman–Crippen LogP) is 3.56. The van der Waals surface area contributed by atoms with Gasteiger partial charge in [-0.1, -0.05) is 42.5 Å². The van der Waals surface area contributed by atoms with Crippen LogP contribution in [0.1, 0.15) is 50.5 Å². The van der Waals surface area contributed by atoms with Crippen LogP contribution in [0.2, 0.25) is 0 Å². The number of fused-ring (bicyclic) bond motifs is 2. The number of allylic oxidation sites excluding steroid dienone is 2. The highest BCUT2D eigenvalue weighted by atomic mass is 32.2. The van der Waals surface area contributed by atoms with E-state index in [1.165, 1.54) is 12.8 Å². The smallest absolute Gasteiger partial charge is 0.303 e. The number of nitrogens with one attached hydrogen (secondary N) is 2. The monoisotopic (exact) mass is 458 g/mol. The maximum atomic E-state index is 12.3. The maximum Gasteiger partial charge on any atom is 0.303 e. The summed E-state index contributed by atoms with van der Waals surface area (Å²) in [6.07, 6.45) is 10.5. The first-order valence-electron chi connectivity index (χ1n) is 11.6. The second-order valence-electron chi connectivity index (χ2n) is 8.68. The van der Waals surface area contributed by atoms with Crippen molar-refractivity contribution in [1.29, 1.82) is 0 Å². The normalized spacial score (nSPS) is 24.0. The molecule has 0 radical (unpaired) electrons. The molecule has 4 atom stereocenters. The van der Waals surface area contributed by atoms with Gasteiger partial charge < -0.3 is 15.7 Å². The number of benzene rings is 1. The van der Waals surface area contributed by atoms with Gasteiger partial charge in [-0.05, 0) is 55.9 Å². The van der Waals surface area contributed by atoms with Crippen LogP contribution in [0.3, 0.4) is 0 Å². The quantitative estimate of drug-likeness (QED) is 0.310. The third-order valence-corrected chi connectivity index (χ3v) is 8.26. The zero-order valence-corrected chi connectivity index (χ0v) is 19.3. The van der Waals surface area contributed by atoms with Crippen LogP contribution in [0.5, 0.6) is 0 Å². The average Bonchev–Trinajstić information content (AvgIpc) is 3.39. The van der Waals surface area contributed by atoms with Crippen molar-refractivity contribution in [2.75, 3.05) is 13.1 Å². The molecule has 3 rings (SSSR count). The highest BCUT2D eigenvalue weighted by Crippen LogP contribution is 2.54. The molecule has 2 aliphatic rings. The number of aliphatic carboxylic acids is 1. The zero-order chi connectivity index (χ0) is 22.8. The number of hydrogen-bond donors (Lipinski definition) is 3. The molecule has 32 heavy (non-hydrogen) atoms. The molecule has 2 fully saturated rings. The van der Waals surface area contributed by atoms with E-state index in [1.54, 1.807) is 0 Å². The summed E-state index contributed by atoms with van der Waals surface area (Å²) in [6, 6.07) is 9.85. The lowest BCUT2D eigenvalue weighted by Crippen LogP contribution is -2.42. The Kier molecular flexibility index (Phi) is 9.65. The van der Waals surface area contributed by atoms with Crippen LogP contribution in [0.4, 0.5) is 0 Å².